The minimum absolute atomic E-state index is 0.217. The summed E-state index contributed by atoms with van der Waals surface area (Å²) in [5.41, 5.74) is 5.19. The lowest BCUT2D eigenvalue weighted by atomic mass is 9.95. The highest BCUT2D eigenvalue weighted by Crippen LogP contribution is 2.38. The first-order valence-corrected chi connectivity index (χ1v) is 15.1. The van der Waals surface area contributed by atoms with Gasteiger partial charge in [0.1, 0.15) is 11.6 Å². The van der Waals surface area contributed by atoms with Crippen LogP contribution in [-0.2, 0) is 33.8 Å². The third kappa shape index (κ3) is 7.03. The van der Waals surface area contributed by atoms with Crippen molar-refractivity contribution in [3.63, 3.8) is 0 Å². The summed E-state index contributed by atoms with van der Waals surface area (Å²) < 4.78 is 17.1. The molecule has 0 unspecified atom stereocenters. The van der Waals surface area contributed by atoms with Gasteiger partial charge in [-0.25, -0.2) is 10.2 Å². The maximum atomic E-state index is 12.7. The second-order valence-electron chi connectivity index (χ2n) is 9.85. The molecule has 10 heteroatoms. The number of carbonyl (C=O) groups is 3. The molecule has 1 heterocycles. The zero-order valence-corrected chi connectivity index (χ0v) is 24.9. The fraction of sp³-hybridized carbons (Fsp3) is 0.273. The molecule has 0 saturated heterocycles. The zero-order valence-electron chi connectivity index (χ0n) is 24.1. The van der Waals surface area contributed by atoms with Gasteiger partial charge in [-0.2, -0.15) is 5.10 Å². The first kappa shape index (κ1) is 29.8. The summed E-state index contributed by atoms with van der Waals surface area (Å²) in [6.45, 7) is 4.62. The van der Waals surface area contributed by atoms with Gasteiger partial charge in [-0.1, -0.05) is 42.5 Å². The minimum atomic E-state index is -0.961. The van der Waals surface area contributed by atoms with Crippen LogP contribution in [0.4, 0.5) is 5.00 Å². The monoisotopic (exact) mass is 599 g/mol. The normalized spacial score (nSPS) is 12.5. The predicted octanol–water partition coefficient (Wildman–Crippen LogP) is 6.02. The first-order chi connectivity index (χ1) is 21.0. The van der Waals surface area contributed by atoms with Crippen LogP contribution in [0.3, 0.4) is 0 Å². The highest BCUT2D eigenvalue weighted by molar-refractivity contribution is 7.17. The number of thiophene rings is 1. The van der Waals surface area contributed by atoms with E-state index in [0.717, 1.165) is 52.5 Å². The van der Waals surface area contributed by atoms with Gasteiger partial charge in [0.2, 0.25) is 0 Å². The lowest BCUT2D eigenvalue weighted by molar-refractivity contribution is -0.136. The van der Waals surface area contributed by atoms with E-state index in [2.05, 4.69) is 34.0 Å². The van der Waals surface area contributed by atoms with Crippen LogP contribution >= 0.6 is 11.3 Å². The van der Waals surface area contributed by atoms with E-state index in [0.29, 0.717) is 40.8 Å². The number of esters is 1. The topological polar surface area (TPSA) is 115 Å². The molecule has 0 spiro atoms. The Hall–Kier alpha value is -4.70. The van der Waals surface area contributed by atoms with E-state index in [4.69, 9.17) is 14.2 Å². The molecule has 0 radical (unpaired) electrons. The van der Waals surface area contributed by atoms with Crippen LogP contribution in [0.25, 0.3) is 10.8 Å². The van der Waals surface area contributed by atoms with Crippen molar-refractivity contribution in [1.82, 2.24) is 5.43 Å². The van der Waals surface area contributed by atoms with Crippen LogP contribution in [0, 0.1) is 0 Å². The molecule has 1 aliphatic rings. The van der Waals surface area contributed by atoms with Gasteiger partial charge in [-0.3, -0.25) is 9.59 Å². The van der Waals surface area contributed by atoms with Gasteiger partial charge in [0.15, 0.2) is 11.5 Å². The second-order valence-corrected chi connectivity index (χ2v) is 11.0. The highest BCUT2D eigenvalue weighted by atomic mass is 32.1. The summed E-state index contributed by atoms with van der Waals surface area (Å²) in [5, 5.41) is 9.13. The maximum absolute atomic E-state index is 12.7. The van der Waals surface area contributed by atoms with Gasteiger partial charge < -0.3 is 19.5 Å². The maximum Gasteiger partial charge on any atom is 0.341 e. The van der Waals surface area contributed by atoms with Crippen LogP contribution < -0.4 is 20.2 Å². The molecule has 43 heavy (non-hydrogen) atoms. The van der Waals surface area contributed by atoms with Crippen molar-refractivity contribution in [3.05, 3.63) is 87.8 Å². The first-order valence-electron chi connectivity index (χ1n) is 14.3. The Morgan fingerprint density at radius 3 is 2.56 bits per heavy atom. The molecule has 0 atom stereocenters. The summed E-state index contributed by atoms with van der Waals surface area (Å²) in [6.07, 6.45) is 4.95. The zero-order chi connectivity index (χ0) is 30.2. The fourth-order valence-electron chi connectivity index (χ4n) is 5.02. The number of aryl methyl sites for hydroxylation is 1. The van der Waals surface area contributed by atoms with E-state index in [-0.39, 0.29) is 6.61 Å². The number of anilines is 1. The van der Waals surface area contributed by atoms with Crippen molar-refractivity contribution in [2.75, 3.05) is 18.5 Å². The number of benzene rings is 3. The molecule has 2 N–H and O–H groups in total. The Balaban J connectivity index is 1.23. The molecule has 0 aliphatic heterocycles. The quantitative estimate of drug-likeness (QED) is 0.0997. The summed E-state index contributed by atoms with van der Waals surface area (Å²) in [7, 11) is 0. The third-order valence-electron chi connectivity index (χ3n) is 6.99. The standard InChI is InChI=1S/C33H33N3O6S/c1-3-40-27-18-21(16-17-26(27)42-20-23-12-9-11-22-10-5-6-13-24(22)23)19-34-36-31(38)30(37)35-32-29(33(39)41-4-2)25-14-7-8-15-28(25)43-32/h5-6,9-13,16-19H,3-4,7-8,14-15,20H2,1-2H3,(H,35,37)(H,36,38). The smallest absolute Gasteiger partial charge is 0.341 e. The lowest BCUT2D eigenvalue weighted by Gasteiger charge is -2.13. The van der Waals surface area contributed by atoms with Gasteiger partial charge in [0, 0.05) is 4.88 Å². The van der Waals surface area contributed by atoms with Crippen LogP contribution in [-0.4, -0.2) is 37.2 Å². The van der Waals surface area contributed by atoms with Crippen LogP contribution in [0.1, 0.15) is 58.6 Å². The molecule has 1 aliphatic carbocycles. The number of hydrogen-bond donors (Lipinski definition) is 2. The molecular weight excluding hydrogens is 566 g/mol. The van der Waals surface area contributed by atoms with Crippen molar-refractivity contribution in [1.29, 1.82) is 0 Å². The summed E-state index contributed by atoms with van der Waals surface area (Å²) in [5.74, 6) is -1.27. The predicted molar refractivity (Wildman–Crippen MR) is 167 cm³/mol. The highest BCUT2D eigenvalue weighted by Gasteiger charge is 2.28. The Morgan fingerprint density at radius 1 is 0.907 bits per heavy atom. The molecule has 4 aromatic rings. The average Bonchev–Trinajstić information content (AvgIpc) is 3.38. The minimum Gasteiger partial charge on any atom is -0.490 e. The van der Waals surface area contributed by atoms with Crippen molar-refractivity contribution in [2.24, 2.45) is 5.10 Å². The molecule has 0 saturated carbocycles. The number of rotatable bonds is 10. The number of hydrogen-bond acceptors (Lipinski definition) is 8. The molecule has 2 amide bonds. The summed E-state index contributed by atoms with van der Waals surface area (Å²) in [6, 6.07) is 19.6. The van der Waals surface area contributed by atoms with E-state index in [1.165, 1.54) is 17.6 Å². The molecular formula is C33H33N3O6S. The Bertz CT molecular complexity index is 1670. The van der Waals surface area contributed by atoms with Crippen LogP contribution in [0.5, 0.6) is 11.5 Å². The number of amides is 2. The number of hydrazone groups is 1. The van der Waals surface area contributed by atoms with Crippen molar-refractivity contribution < 1.29 is 28.6 Å². The van der Waals surface area contributed by atoms with Gasteiger partial charge in [0.05, 0.1) is 25.0 Å². The second kappa shape index (κ2) is 14.0. The number of fused-ring (bicyclic) bond motifs is 2. The Kier molecular flexibility index (Phi) is 9.68. The van der Waals surface area contributed by atoms with E-state index >= 15 is 0 Å². The molecule has 9 nitrogen and oxygen atoms in total. The van der Waals surface area contributed by atoms with Crippen molar-refractivity contribution >= 4 is 51.1 Å². The van der Waals surface area contributed by atoms with Crippen molar-refractivity contribution in [2.45, 2.75) is 46.1 Å². The largest absolute Gasteiger partial charge is 0.490 e. The van der Waals surface area contributed by atoms with Gasteiger partial charge in [-0.15, -0.1) is 11.3 Å². The Labute approximate surface area is 253 Å². The number of carbonyl (C=O) groups excluding carboxylic acids is 3. The number of nitrogens with zero attached hydrogens (tertiary/aromatic N) is 1. The average molecular weight is 600 g/mol. The van der Waals surface area contributed by atoms with Gasteiger partial charge >= 0.3 is 17.8 Å². The molecule has 0 fully saturated rings. The van der Waals surface area contributed by atoms with Crippen molar-refractivity contribution in [3.8, 4) is 11.5 Å². The summed E-state index contributed by atoms with van der Waals surface area (Å²) in [4.78, 5) is 38.9. The van der Waals surface area contributed by atoms with E-state index < -0.39 is 17.8 Å². The number of ether oxygens (including phenoxy) is 3. The van der Waals surface area contributed by atoms with Gasteiger partial charge in [0.25, 0.3) is 0 Å². The summed E-state index contributed by atoms with van der Waals surface area (Å²) >= 11 is 1.32. The van der Waals surface area contributed by atoms with Crippen LogP contribution in [0.15, 0.2) is 65.8 Å². The third-order valence-corrected chi connectivity index (χ3v) is 8.20. The van der Waals surface area contributed by atoms with E-state index in [1.807, 2.05) is 31.2 Å². The molecule has 5 rings (SSSR count). The molecule has 222 valence electrons. The SMILES string of the molecule is CCOC(=O)c1c(NC(=O)C(=O)NN=Cc2ccc(OCc3cccc4ccccc34)c(OCC)c2)sc2c1CCCC2. The fourth-order valence-corrected chi connectivity index (χ4v) is 6.29. The van der Waals surface area contributed by atoms with Crippen LogP contribution in [0.2, 0.25) is 0 Å². The molecule has 1 aromatic heterocycles. The molecule has 3 aromatic carbocycles. The lowest BCUT2D eigenvalue weighted by Crippen LogP contribution is -2.32. The van der Waals surface area contributed by atoms with Gasteiger partial charge in [-0.05, 0) is 85.2 Å². The molecule has 0 bridgehead atoms. The Morgan fingerprint density at radius 2 is 1.72 bits per heavy atom. The van der Waals surface area contributed by atoms with E-state index in [9.17, 15) is 14.4 Å². The van der Waals surface area contributed by atoms with E-state index in [1.54, 1.807) is 25.1 Å². The number of nitrogens with one attached hydrogen (secondary N) is 2.